The summed E-state index contributed by atoms with van der Waals surface area (Å²) in [5, 5.41) is 15.5. The maximum absolute atomic E-state index is 10.9. The highest BCUT2D eigenvalue weighted by molar-refractivity contribution is 8.00. The topological polar surface area (TPSA) is 205 Å². The summed E-state index contributed by atoms with van der Waals surface area (Å²) in [6.07, 6.45) is 0. The zero-order valence-electron chi connectivity index (χ0n) is 9.35. The van der Waals surface area contributed by atoms with Crippen LogP contribution in [0.25, 0.3) is 0 Å². The Hall–Kier alpha value is -0.930. The predicted molar refractivity (Wildman–Crippen MR) is 61.3 cm³/mol. The Balaban J connectivity index is 5.83. The van der Waals surface area contributed by atoms with Crippen LogP contribution >= 0.6 is 15.5 Å². The number of nitrogens with zero attached hydrogens (tertiary/aromatic N) is 1. The van der Waals surface area contributed by atoms with E-state index in [2.05, 4.69) is 4.99 Å². The summed E-state index contributed by atoms with van der Waals surface area (Å²) in [5.41, 5.74) is 0. The van der Waals surface area contributed by atoms with Gasteiger partial charge in [-0.05, 0) is 6.92 Å². The molecule has 0 aromatic rings. The third-order valence-electron chi connectivity index (χ3n) is 1.90. The van der Waals surface area contributed by atoms with Gasteiger partial charge < -0.3 is 20.0 Å². The Bertz CT molecular complexity index is 447. The normalized spacial score (nSPS) is 16.8. The molecule has 0 fully saturated rings. The fraction of sp³-hybridized carbons (Fsp3) is 0.500. The first-order valence-corrected chi connectivity index (χ1v) is 7.71. The summed E-state index contributed by atoms with van der Waals surface area (Å²) < 4.78 is 10.9. The number of aliphatic imine (C=N–C) groups is 1. The Morgan fingerprint density at radius 2 is 1.53 bits per heavy atom. The van der Waals surface area contributed by atoms with Crippen LogP contribution in [0.5, 0.6) is 0 Å². The third-order valence-corrected chi connectivity index (χ3v) is 4.77. The molecule has 7 N–H and O–H groups in total. The molecule has 0 rings (SSSR count). The highest BCUT2D eigenvalue weighted by Crippen LogP contribution is 2.60. The van der Waals surface area contributed by atoms with Gasteiger partial charge in [0, 0.05) is 0 Å². The second kappa shape index (κ2) is 6.02. The van der Waals surface area contributed by atoms with Crippen LogP contribution in [-0.4, -0.2) is 57.9 Å². The van der Waals surface area contributed by atoms with Gasteiger partial charge >= 0.3 is 32.7 Å². The van der Waals surface area contributed by atoms with E-state index in [1.54, 1.807) is 0 Å². The van der Waals surface area contributed by atoms with Crippen LogP contribution in [0.1, 0.15) is 6.92 Å². The first-order valence-electron chi connectivity index (χ1n) is 4.46. The van der Waals surface area contributed by atoms with Crippen LogP contribution in [0.4, 0.5) is 0 Å². The molecule has 110 valence electrons. The maximum Gasteiger partial charge on any atom is 0.469 e. The van der Waals surface area contributed by atoms with Gasteiger partial charge in [-0.2, -0.15) is 14.7 Å². The molecule has 0 amide bonds. The Morgan fingerprint density at radius 3 is 1.74 bits per heavy atom. The molecule has 19 heavy (non-hydrogen) atoms. The molecule has 13 heteroatoms. The minimum atomic E-state index is -5.47. The van der Waals surface area contributed by atoms with E-state index in [1.807, 2.05) is 0 Å². The van der Waals surface area contributed by atoms with Crippen LogP contribution in [0, 0.1) is 5.92 Å². The van der Waals surface area contributed by atoms with Gasteiger partial charge in [-0.1, -0.05) is 0 Å². The lowest BCUT2D eigenvalue weighted by Gasteiger charge is -2.14. The van der Waals surface area contributed by atoms with Crippen LogP contribution in [-0.2, 0) is 14.2 Å². The third kappa shape index (κ3) is 5.29. The fourth-order valence-corrected chi connectivity index (χ4v) is 2.92. The molecule has 0 bridgehead atoms. The second-order valence-electron chi connectivity index (χ2n) is 3.45. The van der Waals surface area contributed by atoms with Gasteiger partial charge in [-0.15, -0.1) is 0 Å². The number of hydrogen-bond donors (Lipinski definition) is 7. The molecule has 0 aromatic heterocycles. The van der Waals surface area contributed by atoms with Crippen LogP contribution in [0.2, 0.25) is 0 Å². The highest BCUT2D eigenvalue weighted by atomic mass is 31.3. The summed E-state index contributed by atoms with van der Waals surface area (Å²) in [6, 6.07) is -2.20. The molecule has 11 nitrogen and oxygen atoms in total. The van der Waals surface area contributed by atoms with Gasteiger partial charge in [0.15, 0.2) is 6.04 Å². The number of aliphatic carboxylic acids is 2. The Labute approximate surface area is 106 Å². The smallest absolute Gasteiger partial charge is 0.469 e. The molecular weight excluding hydrogens is 308 g/mol. The van der Waals surface area contributed by atoms with Crippen molar-refractivity contribution in [3.63, 3.8) is 0 Å². The summed E-state index contributed by atoms with van der Waals surface area (Å²) in [6.45, 7) is 0.883. The largest absolute Gasteiger partial charge is 0.481 e. The monoisotopic (exact) mass is 320 g/mol. The molecule has 0 spiro atoms. The molecule has 2 unspecified atom stereocenters. The van der Waals surface area contributed by atoms with Gasteiger partial charge in [0.2, 0.25) is 0 Å². The fourth-order valence-electron chi connectivity index (χ4n) is 0.968. The standard InChI is InChI=1S/C6H11NO10P2/c1-2(4(8)9)3(5(10)11)7-6(18(12,13)14)19(15,16)17/h2-3,12-14H,1H3,(H3-,8,9,10,11,15,16,17)/p+1. The predicted octanol–water partition coefficient (Wildman–Crippen LogP) is -1.57. The van der Waals surface area contributed by atoms with E-state index in [9.17, 15) is 14.2 Å². The average molecular weight is 320 g/mol. The van der Waals surface area contributed by atoms with Crippen molar-refractivity contribution in [2.24, 2.45) is 10.9 Å². The van der Waals surface area contributed by atoms with Crippen molar-refractivity contribution in [2.45, 2.75) is 13.0 Å². The van der Waals surface area contributed by atoms with E-state index < -0.39 is 44.6 Å². The number of hydrogen-bond acceptors (Lipinski definition) is 7. The van der Waals surface area contributed by atoms with E-state index in [1.165, 1.54) is 0 Å². The van der Waals surface area contributed by atoms with Crippen molar-refractivity contribution in [2.75, 3.05) is 0 Å². The lowest BCUT2D eigenvalue weighted by atomic mass is 10.0. The summed E-state index contributed by atoms with van der Waals surface area (Å²) >= 11 is 0. The molecule has 0 aliphatic rings. The van der Waals surface area contributed by atoms with Gasteiger partial charge in [0.25, 0.3) is 0 Å². The SMILES string of the molecule is CC(C(=O)O)C(N=C(P(=O)(O)O)[P+](O)(O)O)C(=O)O. The zero-order chi connectivity index (χ0) is 15.6. The number of rotatable bonds is 6. The van der Waals surface area contributed by atoms with Crippen molar-refractivity contribution in [1.82, 2.24) is 0 Å². The number of carboxylic acids is 2. The van der Waals surface area contributed by atoms with E-state index in [0.29, 0.717) is 0 Å². The molecule has 0 heterocycles. The molecule has 0 aliphatic carbocycles. The van der Waals surface area contributed by atoms with E-state index >= 15 is 0 Å². The Morgan fingerprint density at radius 1 is 1.11 bits per heavy atom. The Kier molecular flexibility index (Phi) is 5.72. The molecule has 0 radical (unpaired) electrons. The van der Waals surface area contributed by atoms with Gasteiger partial charge in [0.05, 0.1) is 5.92 Å². The van der Waals surface area contributed by atoms with E-state index in [0.717, 1.165) is 6.92 Å². The quantitative estimate of drug-likeness (QED) is 0.221. The second-order valence-corrected chi connectivity index (χ2v) is 6.88. The summed E-state index contributed by atoms with van der Waals surface area (Å²) in [5.74, 6) is -5.22. The molecule has 0 aliphatic heterocycles. The van der Waals surface area contributed by atoms with Crippen molar-refractivity contribution in [1.29, 1.82) is 0 Å². The first kappa shape index (κ1) is 18.1. The van der Waals surface area contributed by atoms with Gasteiger partial charge in [-0.25, -0.2) is 14.4 Å². The molecule has 0 aromatic carbocycles. The van der Waals surface area contributed by atoms with Crippen LogP contribution in [0.15, 0.2) is 4.99 Å². The average Bonchev–Trinajstić information content (AvgIpc) is 2.12. The highest BCUT2D eigenvalue weighted by Gasteiger charge is 2.53. The van der Waals surface area contributed by atoms with Crippen LogP contribution < -0.4 is 0 Å². The zero-order valence-corrected chi connectivity index (χ0v) is 11.1. The van der Waals surface area contributed by atoms with E-state index in [4.69, 9.17) is 34.7 Å². The molecular formula is C6H12NO10P2+. The van der Waals surface area contributed by atoms with Crippen molar-refractivity contribution >= 4 is 32.7 Å². The van der Waals surface area contributed by atoms with E-state index in [-0.39, 0.29) is 0 Å². The van der Waals surface area contributed by atoms with Crippen molar-refractivity contribution in [3.8, 4) is 0 Å². The first-order chi connectivity index (χ1) is 8.28. The number of carboxylic acid groups (broad SMARTS) is 2. The lowest BCUT2D eigenvalue weighted by molar-refractivity contribution is -0.149. The van der Waals surface area contributed by atoms with Crippen molar-refractivity contribution in [3.05, 3.63) is 0 Å². The minimum Gasteiger partial charge on any atom is -0.481 e. The van der Waals surface area contributed by atoms with Crippen molar-refractivity contribution < 1.29 is 48.8 Å². The van der Waals surface area contributed by atoms with Gasteiger partial charge in [-0.3, -0.25) is 4.79 Å². The number of carbonyl (C=O) groups is 2. The van der Waals surface area contributed by atoms with Crippen LogP contribution in [0.3, 0.4) is 0 Å². The lowest BCUT2D eigenvalue weighted by Crippen LogP contribution is -2.32. The molecule has 2 atom stereocenters. The molecule has 0 saturated carbocycles. The van der Waals surface area contributed by atoms with Gasteiger partial charge in [0.1, 0.15) is 0 Å². The molecule has 0 saturated heterocycles. The maximum atomic E-state index is 10.9. The minimum absolute atomic E-state index is 0.883. The summed E-state index contributed by atoms with van der Waals surface area (Å²) in [7, 11) is -10.7. The summed E-state index contributed by atoms with van der Waals surface area (Å²) in [4.78, 5) is 68.2.